The molecule has 0 aliphatic heterocycles. The van der Waals surface area contributed by atoms with Crippen LogP contribution in [-0.2, 0) is 10.1 Å². The standard InChI is InChI=1S/C6H3F3O3S.C5H4FN/c7-3-1-2-4(13(10,11)12)6(9)5(3)8;6-5-2-1-3-7-4-5/h1-2H,(H,10,11,12);1-4H. The molecule has 4 nitrogen and oxygen atoms in total. The molecule has 0 saturated heterocycles. The summed E-state index contributed by atoms with van der Waals surface area (Å²) >= 11 is 0. The zero-order chi connectivity index (χ0) is 15.3. The number of benzene rings is 1. The second kappa shape index (κ2) is 6.44. The topological polar surface area (TPSA) is 67.3 Å². The van der Waals surface area contributed by atoms with Crippen molar-refractivity contribution in [2.24, 2.45) is 0 Å². The molecule has 0 unspecified atom stereocenters. The number of aromatic nitrogens is 1. The van der Waals surface area contributed by atoms with Crippen molar-refractivity contribution in [3.63, 3.8) is 0 Å². The summed E-state index contributed by atoms with van der Waals surface area (Å²) in [5.41, 5.74) is 0. The van der Waals surface area contributed by atoms with Gasteiger partial charge in [0, 0.05) is 6.20 Å². The van der Waals surface area contributed by atoms with Crippen LogP contribution in [0.2, 0.25) is 0 Å². The fraction of sp³-hybridized carbons (Fsp3) is 0. The van der Waals surface area contributed by atoms with Crippen LogP contribution in [0.25, 0.3) is 0 Å². The predicted molar refractivity (Wildman–Crippen MR) is 60.3 cm³/mol. The molecule has 2 aromatic rings. The predicted octanol–water partition coefficient (Wildman–Crippen LogP) is 2.57. The maximum atomic E-state index is 12.6. The molecule has 20 heavy (non-hydrogen) atoms. The Morgan fingerprint density at radius 2 is 1.65 bits per heavy atom. The van der Waals surface area contributed by atoms with Crippen molar-refractivity contribution < 1.29 is 30.5 Å². The summed E-state index contributed by atoms with van der Waals surface area (Å²) in [6.45, 7) is 0. The van der Waals surface area contributed by atoms with Gasteiger partial charge in [0.1, 0.15) is 10.7 Å². The number of hydrogen-bond acceptors (Lipinski definition) is 3. The van der Waals surface area contributed by atoms with Crippen molar-refractivity contribution in [1.82, 2.24) is 4.98 Å². The van der Waals surface area contributed by atoms with Crippen molar-refractivity contribution in [3.05, 3.63) is 59.9 Å². The quantitative estimate of drug-likeness (QED) is 0.499. The summed E-state index contributed by atoms with van der Waals surface area (Å²) in [4.78, 5) is 2.22. The number of pyridine rings is 1. The molecule has 2 rings (SSSR count). The molecule has 0 amide bonds. The summed E-state index contributed by atoms with van der Waals surface area (Å²) < 4.78 is 78.1. The Kier molecular flexibility index (Phi) is 5.17. The Morgan fingerprint density at radius 1 is 1.00 bits per heavy atom. The van der Waals surface area contributed by atoms with E-state index in [-0.39, 0.29) is 5.82 Å². The van der Waals surface area contributed by atoms with E-state index in [2.05, 4.69) is 4.98 Å². The van der Waals surface area contributed by atoms with Gasteiger partial charge in [-0.1, -0.05) is 0 Å². The average molecular weight is 309 g/mol. The average Bonchev–Trinajstić information content (AvgIpc) is 2.36. The van der Waals surface area contributed by atoms with Crippen molar-refractivity contribution in [2.75, 3.05) is 0 Å². The molecule has 1 N–H and O–H groups in total. The summed E-state index contributed by atoms with van der Waals surface area (Å²) in [6.07, 6.45) is 2.70. The van der Waals surface area contributed by atoms with Gasteiger partial charge in [-0.05, 0) is 24.3 Å². The molecular weight excluding hydrogens is 302 g/mol. The number of hydrogen-bond donors (Lipinski definition) is 1. The molecule has 108 valence electrons. The van der Waals surface area contributed by atoms with E-state index in [1.165, 1.54) is 18.5 Å². The van der Waals surface area contributed by atoms with Crippen LogP contribution in [0.3, 0.4) is 0 Å². The lowest BCUT2D eigenvalue weighted by atomic mass is 10.3. The molecule has 0 radical (unpaired) electrons. The molecule has 0 fully saturated rings. The molecule has 9 heteroatoms. The van der Waals surface area contributed by atoms with Gasteiger partial charge in [0.2, 0.25) is 0 Å². The fourth-order valence-corrected chi connectivity index (χ4v) is 1.61. The van der Waals surface area contributed by atoms with Crippen LogP contribution in [-0.4, -0.2) is 18.0 Å². The lowest BCUT2D eigenvalue weighted by molar-refractivity contribution is 0.422. The summed E-state index contributed by atoms with van der Waals surface area (Å²) in [7, 11) is -4.85. The van der Waals surface area contributed by atoms with Gasteiger partial charge in [-0.2, -0.15) is 8.42 Å². The van der Waals surface area contributed by atoms with Crippen LogP contribution < -0.4 is 0 Å². The number of nitrogens with zero attached hydrogens (tertiary/aromatic N) is 1. The second-order valence-corrected chi connectivity index (χ2v) is 4.71. The van der Waals surface area contributed by atoms with E-state index in [1.807, 2.05) is 0 Å². The van der Waals surface area contributed by atoms with Gasteiger partial charge < -0.3 is 0 Å². The summed E-state index contributed by atoms with van der Waals surface area (Å²) in [6, 6.07) is 3.74. The van der Waals surface area contributed by atoms with Crippen LogP contribution >= 0.6 is 0 Å². The van der Waals surface area contributed by atoms with Crippen molar-refractivity contribution >= 4 is 10.1 Å². The SMILES string of the molecule is Fc1cccnc1.O=S(=O)(O)c1ccc(F)c(F)c1F. The monoisotopic (exact) mass is 309 g/mol. The summed E-state index contributed by atoms with van der Waals surface area (Å²) in [5.74, 6) is -5.68. The maximum Gasteiger partial charge on any atom is 0.297 e. The van der Waals surface area contributed by atoms with E-state index in [0.717, 1.165) is 0 Å². The fourth-order valence-electron chi connectivity index (χ4n) is 1.05. The second-order valence-electron chi connectivity index (χ2n) is 3.32. The lowest BCUT2D eigenvalue weighted by Gasteiger charge is -1.99. The molecule has 0 spiro atoms. The van der Waals surface area contributed by atoms with Gasteiger partial charge in [0.15, 0.2) is 17.5 Å². The molecule has 0 saturated carbocycles. The van der Waals surface area contributed by atoms with Crippen LogP contribution in [0, 0.1) is 23.3 Å². The minimum atomic E-state index is -4.85. The third kappa shape index (κ3) is 4.28. The molecule has 1 heterocycles. The Hall–Kier alpha value is -2.00. The van der Waals surface area contributed by atoms with Gasteiger partial charge in [-0.15, -0.1) is 0 Å². The highest BCUT2D eigenvalue weighted by atomic mass is 32.2. The van der Waals surface area contributed by atoms with E-state index >= 15 is 0 Å². The smallest absolute Gasteiger partial charge is 0.282 e. The first-order valence-electron chi connectivity index (χ1n) is 4.90. The molecule has 1 aromatic carbocycles. The minimum Gasteiger partial charge on any atom is -0.282 e. The van der Waals surface area contributed by atoms with Gasteiger partial charge in [-0.25, -0.2) is 17.6 Å². The van der Waals surface area contributed by atoms with Crippen molar-refractivity contribution in [1.29, 1.82) is 0 Å². The van der Waals surface area contributed by atoms with Gasteiger partial charge >= 0.3 is 0 Å². The maximum absolute atomic E-state index is 12.6. The van der Waals surface area contributed by atoms with Gasteiger partial charge in [0.05, 0.1) is 6.20 Å². The molecule has 0 aliphatic carbocycles. The first-order chi connectivity index (χ1) is 9.23. The summed E-state index contributed by atoms with van der Waals surface area (Å²) in [5, 5.41) is 0. The highest BCUT2D eigenvalue weighted by molar-refractivity contribution is 7.85. The zero-order valence-corrected chi connectivity index (χ0v) is 10.4. The van der Waals surface area contributed by atoms with E-state index < -0.39 is 32.5 Å². The van der Waals surface area contributed by atoms with Crippen molar-refractivity contribution in [3.8, 4) is 0 Å². The van der Waals surface area contributed by atoms with E-state index in [0.29, 0.717) is 12.1 Å². The van der Waals surface area contributed by atoms with Gasteiger partial charge in [0.25, 0.3) is 10.1 Å². The third-order valence-electron chi connectivity index (χ3n) is 1.90. The minimum absolute atomic E-state index is 0.289. The third-order valence-corrected chi connectivity index (χ3v) is 2.77. The zero-order valence-electron chi connectivity index (χ0n) is 9.60. The Bertz CT molecular complexity index is 692. The largest absolute Gasteiger partial charge is 0.297 e. The number of halogens is 4. The van der Waals surface area contributed by atoms with Crippen molar-refractivity contribution in [2.45, 2.75) is 4.90 Å². The van der Waals surface area contributed by atoms with Crippen LogP contribution in [0.5, 0.6) is 0 Å². The van der Waals surface area contributed by atoms with Crippen LogP contribution in [0.4, 0.5) is 17.6 Å². The molecule has 0 aliphatic rings. The van der Waals surface area contributed by atoms with Gasteiger partial charge in [-0.3, -0.25) is 9.54 Å². The lowest BCUT2D eigenvalue weighted by Crippen LogP contribution is -2.04. The Labute approximate surface area is 111 Å². The van der Waals surface area contributed by atoms with E-state index in [4.69, 9.17) is 4.55 Å². The highest BCUT2D eigenvalue weighted by Gasteiger charge is 2.21. The highest BCUT2D eigenvalue weighted by Crippen LogP contribution is 2.18. The molecule has 0 bridgehead atoms. The number of rotatable bonds is 1. The normalized spacial score (nSPS) is 10.7. The Balaban J connectivity index is 0.000000240. The Morgan fingerprint density at radius 3 is 2.05 bits per heavy atom. The van der Waals surface area contributed by atoms with Crippen LogP contribution in [0.15, 0.2) is 41.6 Å². The molecule has 0 atom stereocenters. The van der Waals surface area contributed by atoms with E-state index in [1.54, 1.807) is 6.07 Å². The molecule has 1 aromatic heterocycles. The van der Waals surface area contributed by atoms with Crippen LogP contribution in [0.1, 0.15) is 0 Å². The van der Waals surface area contributed by atoms with E-state index in [9.17, 15) is 26.0 Å². The first kappa shape index (κ1) is 16.1. The first-order valence-corrected chi connectivity index (χ1v) is 6.34. The molecular formula is C11H7F4NO3S.